The molecule has 0 fully saturated rings. The molecule has 0 spiro atoms. The summed E-state index contributed by atoms with van der Waals surface area (Å²) in [6, 6.07) is 2.24. The van der Waals surface area contributed by atoms with Crippen molar-refractivity contribution < 1.29 is 12.8 Å². The number of H-pyrrole nitrogens is 1. The summed E-state index contributed by atoms with van der Waals surface area (Å²) in [6.45, 7) is 1.76. The Hall–Kier alpha value is -2.00. The molecule has 7 nitrogen and oxygen atoms in total. The third-order valence-electron chi connectivity index (χ3n) is 2.93. The SMILES string of the molecule is Cc1cc(F)c(N)cc1S(=O)(=O)NCCCc1ncn[nH]1. The van der Waals surface area contributed by atoms with Crippen LogP contribution in [0.2, 0.25) is 0 Å². The Bertz CT molecular complexity index is 715. The van der Waals surface area contributed by atoms with E-state index in [9.17, 15) is 12.8 Å². The van der Waals surface area contributed by atoms with E-state index in [1.807, 2.05) is 0 Å². The third-order valence-corrected chi connectivity index (χ3v) is 4.53. The van der Waals surface area contributed by atoms with Crippen LogP contribution in [-0.4, -0.2) is 30.1 Å². The standard InChI is InChI=1S/C12H16FN5O2S/c1-8-5-9(13)10(14)6-11(8)21(19,20)17-4-2-3-12-15-7-16-18-12/h5-7,17H,2-4,14H2,1H3,(H,15,16,18). The lowest BCUT2D eigenvalue weighted by atomic mass is 10.2. The Morgan fingerprint density at radius 3 is 2.86 bits per heavy atom. The van der Waals surface area contributed by atoms with Crippen molar-refractivity contribution in [2.45, 2.75) is 24.7 Å². The van der Waals surface area contributed by atoms with E-state index in [1.54, 1.807) is 0 Å². The molecule has 0 radical (unpaired) electrons. The minimum Gasteiger partial charge on any atom is -0.396 e. The quantitative estimate of drug-likeness (QED) is 0.538. The molecule has 0 atom stereocenters. The van der Waals surface area contributed by atoms with Gasteiger partial charge in [0, 0.05) is 13.0 Å². The molecule has 21 heavy (non-hydrogen) atoms. The van der Waals surface area contributed by atoms with E-state index in [0.717, 1.165) is 12.1 Å². The smallest absolute Gasteiger partial charge is 0.240 e. The van der Waals surface area contributed by atoms with Gasteiger partial charge in [0.1, 0.15) is 18.0 Å². The summed E-state index contributed by atoms with van der Waals surface area (Å²) in [7, 11) is -3.71. The van der Waals surface area contributed by atoms with Crippen molar-refractivity contribution in [2.24, 2.45) is 0 Å². The summed E-state index contributed by atoms with van der Waals surface area (Å²) in [5.74, 6) is 0.0631. The van der Waals surface area contributed by atoms with Crippen molar-refractivity contribution in [3.63, 3.8) is 0 Å². The van der Waals surface area contributed by atoms with Crippen LogP contribution < -0.4 is 10.5 Å². The fraction of sp³-hybridized carbons (Fsp3) is 0.333. The lowest BCUT2D eigenvalue weighted by Gasteiger charge is -2.10. The van der Waals surface area contributed by atoms with Crippen LogP contribution in [0.5, 0.6) is 0 Å². The van der Waals surface area contributed by atoms with Crippen LogP contribution in [0.1, 0.15) is 17.8 Å². The van der Waals surface area contributed by atoms with Gasteiger partial charge in [-0.25, -0.2) is 22.5 Å². The highest BCUT2D eigenvalue weighted by atomic mass is 32.2. The number of nitrogen functional groups attached to an aromatic ring is 1. The molecule has 1 heterocycles. The molecule has 0 aliphatic heterocycles. The maximum Gasteiger partial charge on any atom is 0.240 e. The second-order valence-corrected chi connectivity index (χ2v) is 6.31. The van der Waals surface area contributed by atoms with E-state index < -0.39 is 15.8 Å². The van der Waals surface area contributed by atoms with Crippen LogP contribution in [0, 0.1) is 12.7 Å². The molecule has 1 aromatic carbocycles. The Morgan fingerprint density at radius 1 is 1.43 bits per heavy atom. The number of hydrogen-bond acceptors (Lipinski definition) is 5. The van der Waals surface area contributed by atoms with Gasteiger partial charge in [-0.3, -0.25) is 5.10 Å². The number of nitrogens with one attached hydrogen (secondary N) is 2. The molecule has 2 aromatic rings. The van der Waals surface area contributed by atoms with Gasteiger partial charge >= 0.3 is 0 Å². The lowest BCUT2D eigenvalue weighted by molar-refractivity contribution is 0.576. The van der Waals surface area contributed by atoms with Gasteiger partial charge in [-0.2, -0.15) is 5.10 Å². The van der Waals surface area contributed by atoms with Crippen molar-refractivity contribution in [2.75, 3.05) is 12.3 Å². The number of nitrogens with two attached hydrogens (primary N) is 1. The summed E-state index contributed by atoms with van der Waals surface area (Å²) < 4.78 is 40.0. The zero-order chi connectivity index (χ0) is 15.5. The number of benzene rings is 1. The summed E-state index contributed by atoms with van der Waals surface area (Å²) in [5.41, 5.74) is 5.54. The molecule has 2 rings (SSSR count). The molecule has 1 aromatic heterocycles. The van der Waals surface area contributed by atoms with Gasteiger partial charge in [-0.1, -0.05) is 0 Å². The first-order chi connectivity index (χ1) is 9.90. The summed E-state index contributed by atoms with van der Waals surface area (Å²) in [4.78, 5) is 3.93. The van der Waals surface area contributed by atoms with E-state index in [0.29, 0.717) is 24.2 Å². The maximum atomic E-state index is 13.3. The zero-order valence-electron chi connectivity index (χ0n) is 11.4. The van der Waals surface area contributed by atoms with Crippen molar-refractivity contribution in [1.82, 2.24) is 19.9 Å². The van der Waals surface area contributed by atoms with Crippen LogP contribution in [-0.2, 0) is 16.4 Å². The molecular weight excluding hydrogens is 297 g/mol. The molecule has 9 heteroatoms. The fourth-order valence-corrected chi connectivity index (χ4v) is 3.18. The average Bonchev–Trinajstić information content (AvgIpc) is 2.92. The second kappa shape index (κ2) is 6.19. The van der Waals surface area contributed by atoms with Crippen LogP contribution in [0.25, 0.3) is 0 Å². The number of aromatic nitrogens is 3. The molecule has 0 unspecified atom stereocenters. The van der Waals surface area contributed by atoms with E-state index >= 15 is 0 Å². The first-order valence-corrected chi connectivity index (χ1v) is 7.78. The van der Waals surface area contributed by atoms with Gasteiger partial charge in [0.2, 0.25) is 10.0 Å². The van der Waals surface area contributed by atoms with E-state index in [2.05, 4.69) is 19.9 Å². The Labute approximate surface area is 121 Å². The molecule has 0 aliphatic rings. The number of anilines is 1. The number of aryl methyl sites for hydroxylation is 2. The molecule has 0 amide bonds. The van der Waals surface area contributed by atoms with E-state index in [4.69, 9.17) is 5.73 Å². The minimum absolute atomic E-state index is 0.0129. The van der Waals surface area contributed by atoms with Crippen LogP contribution in [0.4, 0.5) is 10.1 Å². The minimum atomic E-state index is -3.71. The first-order valence-electron chi connectivity index (χ1n) is 6.29. The molecule has 0 saturated heterocycles. The molecule has 114 valence electrons. The number of aromatic amines is 1. The number of nitrogens with zero attached hydrogens (tertiary/aromatic N) is 2. The number of hydrogen-bond donors (Lipinski definition) is 3. The molecule has 0 bridgehead atoms. The van der Waals surface area contributed by atoms with Gasteiger partial charge < -0.3 is 5.73 Å². The highest BCUT2D eigenvalue weighted by molar-refractivity contribution is 7.89. The fourth-order valence-electron chi connectivity index (χ4n) is 1.85. The van der Waals surface area contributed by atoms with Crippen molar-refractivity contribution >= 4 is 15.7 Å². The predicted octanol–water partition coefficient (Wildman–Crippen LogP) is 0.746. The zero-order valence-corrected chi connectivity index (χ0v) is 12.2. The van der Waals surface area contributed by atoms with Crippen LogP contribution in [0.15, 0.2) is 23.4 Å². The van der Waals surface area contributed by atoms with Crippen molar-refractivity contribution in [3.8, 4) is 0 Å². The van der Waals surface area contributed by atoms with Gasteiger partial charge in [-0.05, 0) is 31.0 Å². The lowest BCUT2D eigenvalue weighted by Crippen LogP contribution is -2.26. The summed E-state index contributed by atoms with van der Waals surface area (Å²) >= 11 is 0. The number of halogens is 1. The highest BCUT2D eigenvalue weighted by Crippen LogP contribution is 2.21. The van der Waals surface area contributed by atoms with E-state index in [-0.39, 0.29) is 17.1 Å². The normalized spacial score (nSPS) is 11.7. The third kappa shape index (κ3) is 3.76. The predicted molar refractivity (Wildman–Crippen MR) is 75.4 cm³/mol. The topological polar surface area (TPSA) is 114 Å². The highest BCUT2D eigenvalue weighted by Gasteiger charge is 2.18. The van der Waals surface area contributed by atoms with Crippen molar-refractivity contribution in [3.05, 3.63) is 35.7 Å². The molecular formula is C12H16FN5O2S. The van der Waals surface area contributed by atoms with Crippen LogP contribution >= 0.6 is 0 Å². The summed E-state index contributed by atoms with van der Waals surface area (Å²) in [6.07, 6.45) is 2.53. The van der Waals surface area contributed by atoms with Gasteiger partial charge in [0.05, 0.1) is 10.6 Å². The molecule has 4 N–H and O–H groups in total. The Balaban J connectivity index is 2.00. The average molecular weight is 313 g/mol. The number of sulfonamides is 1. The largest absolute Gasteiger partial charge is 0.396 e. The maximum absolute atomic E-state index is 13.3. The monoisotopic (exact) mass is 313 g/mol. The molecule has 0 aliphatic carbocycles. The molecule has 0 saturated carbocycles. The van der Waals surface area contributed by atoms with Gasteiger partial charge in [-0.15, -0.1) is 0 Å². The Morgan fingerprint density at radius 2 is 2.19 bits per heavy atom. The van der Waals surface area contributed by atoms with Gasteiger partial charge in [0.15, 0.2) is 0 Å². The Kier molecular flexibility index (Phi) is 4.53. The first kappa shape index (κ1) is 15.4. The van der Waals surface area contributed by atoms with E-state index in [1.165, 1.54) is 13.3 Å². The van der Waals surface area contributed by atoms with Crippen molar-refractivity contribution in [1.29, 1.82) is 0 Å². The summed E-state index contributed by atoms with van der Waals surface area (Å²) in [5, 5.41) is 6.40. The second-order valence-electron chi connectivity index (χ2n) is 4.57. The van der Waals surface area contributed by atoms with Crippen LogP contribution in [0.3, 0.4) is 0 Å². The van der Waals surface area contributed by atoms with Gasteiger partial charge in [0.25, 0.3) is 0 Å². The number of rotatable bonds is 6.